The minimum atomic E-state index is 0.253. The van der Waals surface area contributed by atoms with Gasteiger partial charge >= 0.3 is 0 Å². The number of piperidine rings is 1. The quantitative estimate of drug-likeness (QED) is 0.796. The first-order chi connectivity index (χ1) is 11.1. The highest BCUT2D eigenvalue weighted by molar-refractivity contribution is 5.83. The minimum Gasteiger partial charge on any atom is -0.320 e. The lowest BCUT2D eigenvalue weighted by Gasteiger charge is -2.49. The van der Waals surface area contributed by atoms with Crippen molar-refractivity contribution in [1.29, 1.82) is 0 Å². The Morgan fingerprint density at radius 2 is 1.65 bits per heavy atom. The molecule has 1 aromatic rings. The molecular weight excluding hydrogens is 284 g/mol. The Hall–Kier alpha value is -1.19. The highest BCUT2D eigenvalue weighted by atomic mass is 16.1. The van der Waals surface area contributed by atoms with Gasteiger partial charge in [-0.25, -0.2) is 0 Å². The number of hydrogen-bond acceptors (Lipinski definition) is 2. The van der Waals surface area contributed by atoms with E-state index in [1.807, 2.05) is 0 Å². The van der Waals surface area contributed by atoms with E-state index in [0.29, 0.717) is 5.78 Å². The molecular formula is C20H31N2O+. The van der Waals surface area contributed by atoms with Crippen LogP contribution in [0.15, 0.2) is 30.3 Å². The number of ketones is 1. The fourth-order valence-electron chi connectivity index (χ4n) is 4.57. The molecule has 1 spiro atoms. The summed E-state index contributed by atoms with van der Waals surface area (Å²) < 4.78 is 1.18. The molecule has 0 N–H and O–H groups in total. The van der Waals surface area contributed by atoms with E-state index >= 15 is 0 Å². The van der Waals surface area contributed by atoms with Gasteiger partial charge < -0.3 is 4.48 Å². The summed E-state index contributed by atoms with van der Waals surface area (Å²) in [5, 5.41) is 0. The second-order valence-corrected chi connectivity index (χ2v) is 7.79. The van der Waals surface area contributed by atoms with E-state index in [-0.39, 0.29) is 11.8 Å². The first kappa shape index (κ1) is 16.7. The summed E-state index contributed by atoms with van der Waals surface area (Å²) in [6, 6.07) is 10.8. The molecule has 23 heavy (non-hydrogen) atoms. The van der Waals surface area contributed by atoms with Gasteiger partial charge in [0.15, 0.2) is 0 Å². The maximum Gasteiger partial charge on any atom is 0.149 e. The lowest BCUT2D eigenvalue weighted by molar-refractivity contribution is -0.938. The molecule has 0 amide bonds. The molecule has 3 nitrogen and oxygen atoms in total. The molecule has 0 saturated carbocycles. The molecule has 1 aromatic carbocycles. The van der Waals surface area contributed by atoms with E-state index in [4.69, 9.17) is 0 Å². The molecule has 2 heterocycles. The molecule has 0 aromatic heterocycles. The van der Waals surface area contributed by atoms with Gasteiger partial charge in [-0.3, -0.25) is 9.69 Å². The van der Waals surface area contributed by atoms with Crippen LogP contribution in [-0.2, 0) is 11.2 Å². The Morgan fingerprint density at radius 3 is 2.26 bits per heavy atom. The van der Waals surface area contributed by atoms with E-state index in [1.54, 1.807) is 0 Å². The average molecular weight is 315 g/mol. The van der Waals surface area contributed by atoms with Crippen molar-refractivity contribution < 1.29 is 9.28 Å². The molecule has 0 aliphatic carbocycles. The number of benzene rings is 1. The molecule has 126 valence electrons. The summed E-state index contributed by atoms with van der Waals surface area (Å²) >= 11 is 0. The lowest BCUT2D eigenvalue weighted by Crippen LogP contribution is -2.66. The second-order valence-electron chi connectivity index (χ2n) is 7.79. The fourth-order valence-corrected chi connectivity index (χ4v) is 4.57. The van der Waals surface area contributed by atoms with Crippen LogP contribution in [0.2, 0.25) is 0 Å². The number of hydrogen-bond donors (Lipinski definition) is 0. The SMILES string of the molecule is CC1C[N+]2(CCN(CCCc3ccccc3)CC2)CC(C)C1=O. The summed E-state index contributed by atoms with van der Waals surface area (Å²) in [6.45, 7) is 12.5. The fraction of sp³-hybridized carbons (Fsp3) is 0.650. The number of carbonyl (C=O) groups is 1. The zero-order valence-corrected chi connectivity index (χ0v) is 14.7. The summed E-state index contributed by atoms with van der Waals surface area (Å²) in [6.07, 6.45) is 2.43. The van der Waals surface area contributed by atoms with Crippen molar-refractivity contribution in [3.05, 3.63) is 35.9 Å². The van der Waals surface area contributed by atoms with Crippen molar-refractivity contribution in [2.75, 3.05) is 45.8 Å². The molecule has 0 radical (unpaired) electrons. The molecule has 0 bridgehead atoms. The van der Waals surface area contributed by atoms with Gasteiger partial charge in [0.05, 0.1) is 38.0 Å². The topological polar surface area (TPSA) is 20.3 Å². The van der Waals surface area contributed by atoms with Crippen LogP contribution in [0.3, 0.4) is 0 Å². The largest absolute Gasteiger partial charge is 0.320 e. The number of nitrogens with zero attached hydrogens (tertiary/aromatic N) is 2. The van der Waals surface area contributed by atoms with Gasteiger partial charge in [-0.15, -0.1) is 0 Å². The van der Waals surface area contributed by atoms with E-state index < -0.39 is 0 Å². The van der Waals surface area contributed by atoms with Gasteiger partial charge in [0.2, 0.25) is 0 Å². The normalized spacial score (nSPS) is 28.2. The lowest BCUT2D eigenvalue weighted by atomic mass is 9.87. The molecule has 2 aliphatic rings. The van der Waals surface area contributed by atoms with Gasteiger partial charge in [0.1, 0.15) is 5.78 Å². The Balaban J connectivity index is 1.44. The molecule has 3 heteroatoms. The Morgan fingerprint density at radius 1 is 1.04 bits per heavy atom. The third kappa shape index (κ3) is 4.02. The predicted molar refractivity (Wildman–Crippen MR) is 94.3 cm³/mol. The first-order valence-corrected chi connectivity index (χ1v) is 9.23. The van der Waals surface area contributed by atoms with Crippen LogP contribution in [0.25, 0.3) is 0 Å². The standard InChI is InChI=1S/C20H31N2O/c1-17-15-22(16-18(2)20(17)23)13-11-21(12-14-22)10-6-9-19-7-4-3-5-8-19/h3-5,7-8,17-18H,6,9-16H2,1-2H3/q+1. The zero-order chi connectivity index (χ0) is 16.3. The monoisotopic (exact) mass is 315 g/mol. The van der Waals surface area contributed by atoms with Crippen LogP contribution in [0, 0.1) is 11.8 Å². The maximum absolute atomic E-state index is 12.1. The second kappa shape index (κ2) is 7.14. The Kier molecular flexibility index (Phi) is 5.17. The Labute approximate surface area is 140 Å². The van der Waals surface area contributed by atoms with Gasteiger partial charge in [-0.2, -0.15) is 0 Å². The third-order valence-electron chi connectivity index (χ3n) is 5.86. The van der Waals surface area contributed by atoms with Crippen LogP contribution in [0.5, 0.6) is 0 Å². The zero-order valence-electron chi connectivity index (χ0n) is 14.7. The van der Waals surface area contributed by atoms with Gasteiger partial charge in [-0.05, 0) is 24.9 Å². The third-order valence-corrected chi connectivity index (χ3v) is 5.86. The molecule has 2 saturated heterocycles. The van der Waals surface area contributed by atoms with Crippen molar-refractivity contribution in [2.45, 2.75) is 26.7 Å². The molecule has 2 aliphatic heterocycles. The maximum atomic E-state index is 12.1. The number of carbonyl (C=O) groups excluding carboxylic acids is 1. The number of piperazine rings is 1. The van der Waals surface area contributed by atoms with E-state index in [2.05, 4.69) is 49.1 Å². The van der Waals surface area contributed by atoms with Crippen molar-refractivity contribution in [3.63, 3.8) is 0 Å². The van der Waals surface area contributed by atoms with E-state index in [1.165, 1.54) is 55.6 Å². The van der Waals surface area contributed by atoms with Crippen molar-refractivity contribution in [3.8, 4) is 0 Å². The van der Waals surface area contributed by atoms with Crippen LogP contribution in [-0.4, -0.2) is 61.0 Å². The van der Waals surface area contributed by atoms with Crippen molar-refractivity contribution in [1.82, 2.24) is 4.90 Å². The summed E-state index contributed by atoms with van der Waals surface area (Å²) in [5.74, 6) is 0.991. The molecule has 3 rings (SSSR count). The van der Waals surface area contributed by atoms with Crippen LogP contribution in [0.1, 0.15) is 25.8 Å². The highest BCUT2D eigenvalue weighted by Crippen LogP contribution is 2.26. The van der Waals surface area contributed by atoms with E-state index in [0.717, 1.165) is 13.1 Å². The van der Waals surface area contributed by atoms with Crippen LogP contribution < -0.4 is 0 Å². The first-order valence-electron chi connectivity index (χ1n) is 9.23. The summed E-state index contributed by atoms with van der Waals surface area (Å²) in [5.41, 5.74) is 1.45. The van der Waals surface area contributed by atoms with Gasteiger partial charge in [0.25, 0.3) is 0 Å². The molecule has 2 atom stereocenters. The van der Waals surface area contributed by atoms with Crippen LogP contribution in [0.4, 0.5) is 0 Å². The minimum absolute atomic E-state index is 0.253. The summed E-state index contributed by atoms with van der Waals surface area (Å²) in [4.78, 5) is 14.7. The Bertz CT molecular complexity index is 504. The number of Topliss-reactive ketones (excluding diaryl/α,β-unsaturated/α-hetero) is 1. The van der Waals surface area contributed by atoms with Gasteiger partial charge in [-0.1, -0.05) is 44.2 Å². The smallest absolute Gasteiger partial charge is 0.149 e. The average Bonchev–Trinajstić information content (AvgIpc) is 2.56. The number of aryl methyl sites for hydroxylation is 1. The van der Waals surface area contributed by atoms with Gasteiger partial charge in [0, 0.05) is 13.1 Å². The van der Waals surface area contributed by atoms with Crippen LogP contribution >= 0.6 is 0 Å². The molecule has 2 unspecified atom stereocenters. The number of rotatable bonds is 4. The number of quaternary nitrogens is 1. The van der Waals surface area contributed by atoms with Crippen molar-refractivity contribution in [2.24, 2.45) is 11.8 Å². The molecule has 2 fully saturated rings. The van der Waals surface area contributed by atoms with Crippen molar-refractivity contribution >= 4 is 5.78 Å². The highest BCUT2D eigenvalue weighted by Gasteiger charge is 2.43. The predicted octanol–water partition coefficient (Wildman–Crippen LogP) is 2.61. The van der Waals surface area contributed by atoms with E-state index in [9.17, 15) is 4.79 Å². The summed E-state index contributed by atoms with van der Waals surface area (Å²) in [7, 11) is 0.